The third-order valence-electron chi connectivity index (χ3n) is 3.96. The van der Waals surface area contributed by atoms with Crippen molar-refractivity contribution in [3.05, 3.63) is 22.4 Å². The van der Waals surface area contributed by atoms with Gasteiger partial charge < -0.3 is 14.5 Å². The molecule has 0 N–H and O–H groups in total. The van der Waals surface area contributed by atoms with Crippen LogP contribution in [0.5, 0.6) is 0 Å². The molecule has 5 nitrogen and oxygen atoms in total. The number of esters is 1. The van der Waals surface area contributed by atoms with Crippen LogP contribution in [0.4, 0.5) is 0 Å². The number of hydrogen-bond acceptors (Lipinski definition) is 5. The average Bonchev–Trinajstić information content (AvgIpc) is 3.12. The zero-order valence-corrected chi connectivity index (χ0v) is 15.9. The maximum absolute atomic E-state index is 12.6. The van der Waals surface area contributed by atoms with Gasteiger partial charge in [-0.15, -0.1) is 11.3 Å². The van der Waals surface area contributed by atoms with Gasteiger partial charge in [0.2, 0.25) is 0 Å². The second-order valence-electron chi connectivity index (χ2n) is 5.56. The van der Waals surface area contributed by atoms with E-state index in [0.29, 0.717) is 19.7 Å². The minimum atomic E-state index is -0.246. The van der Waals surface area contributed by atoms with Gasteiger partial charge in [-0.2, -0.15) is 0 Å². The molecule has 0 saturated carbocycles. The molecule has 0 unspecified atom stereocenters. The van der Waals surface area contributed by atoms with Gasteiger partial charge in [0.05, 0.1) is 17.9 Å². The number of hydrogen-bond donors (Lipinski definition) is 0. The van der Waals surface area contributed by atoms with E-state index < -0.39 is 0 Å². The van der Waals surface area contributed by atoms with Gasteiger partial charge >= 0.3 is 5.97 Å². The van der Waals surface area contributed by atoms with E-state index in [4.69, 9.17) is 4.74 Å². The van der Waals surface area contributed by atoms with E-state index in [1.807, 2.05) is 17.5 Å². The first-order valence-electron chi connectivity index (χ1n) is 8.83. The molecular weight excluding hydrogens is 324 g/mol. The Balaban J connectivity index is 2.51. The summed E-state index contributed by atoms with van der Waals surface area (Å²) in [5, 5.41) is 1.90. The Hall–Kier alpha value is -1.40. The predicted molar refractivity (Wildman–Crippen MR) is 98.5 cm³/mol. The third kappa shape index (κ3) is 7.45. The van der Waals surface area contributed by atoms with Crippen molar-refractivity contribution in [2.45, 2.75) is 40.0 Å². The molecule has 0 atom stereocenters. The Morgan fingerprint density at radius 3 is 2.38 bits per heavy atom. The van der Waals surface area contributed by atoms with Crippen molar-refractivity contribution >= 4 is 23.2 Å². The maximum atomic E-state index is 12.6. The van der Waals surface area contributed by atoms with Gasteiger partial charge in [-0.05, 0) is 50.8 Å². The van der Waals surface area contributed by atoms with Crippen LogP contribution < -0.4 is 0 Å². The molecule has 1 aromatic heterocycles. The van der Waals surface area contributed by atoms with Gasteiger partial charge in [0.1, 0.15) is 0 Å². The van der Waals surface area contributed by atoms with Crippen LogP contribution in [0.1, 0.15) is 49.7 Å². The summed E-state index contributed by atoms with van der Waals surface area (Å²) in [6.07, 6.45) is 2.24. The molecule has 0 spiro atoms. The molecule has 1 amide bonds. The number of carbonyl (C=O) groups excluding carboxylic acids is 2. The van der Waals surface area contributed by atoms with Crippen LogP contribution in [0.2, 0.25) is 0 Å². The van der Waals surface area contributed by atoms with Crippen LogP contribution in [0.3, 0.4) is 0 Å². The summed E-state index contributed by atoms with van der Waals surface area (Å²) < 4.78 is 4.97. The number of unbranched alkanes of at least 4 members (excludes halogenated alkanes) is 1. The largest absolute Gasteiger partial charge is 0.466 e. The number of rotatable bonds is 12. The van der Waals surface area contributed by atoms with E-state index >= 15 is 0 Å². The summed E-state index contributed by atoms with van der Waals surface area (Å²) >= 11 is 1.44. The lowest BCUT2D eigenvalue weighted by Crippen LogP contribution is -2.34. The highest BCUT2D eigenvalue weighted by Crippen LogP contribution is 2.13. The second-order valence-corrected chi connectivity index (χ2v) is 6.51. The molecule has 0 bridgehead atoms. The van der Waals surface area contributed by atoms with E-state index in [1.165, 1.54) is 11.3 Å². The number of nitrogens with zero attached hydrogens (tertiary/aromatic N) is 2. The van der Waals surface area contributed by atoms with Crippen molar-refractivity contribution in [3.8, 4) is 0 Å². The second kappa shape index (κ2) is 12.0. The SMILES string of the molecule is CCOC(=O)CCN(CCCCN(CC)CC)C(=O)c1cccs1. The normalized spacial score (nSPS) is 10.8. The van der Waals surface area contributed by atoms with E-state index in [0.717, 1.165) is 37.4 Å². The van der Waals surface area contributed by atoms with Gasteiger partial charge in [0, 0.05) is 13.1 Å². The fraction of sp³-hybridized carbons (Fsp3) is 0.667. The van der Waals surface area contributed by atoms with Crippen LogP contribution >= 0.6 is 11.3 Å². The number of thiophene rings is 1. The molecule has 0 aliphatic heterocycles. The monoisotopic (exact) mass is 354 g/mol. The molecule has 0 aliphatic carbocycles. The molecule has 1 heterocycles. The first-order chi connectivity index (χ1) is 11.6. The smallest absolute Gasteiger partial charge is 0.307 e. The number of amides is 1. The molecule has 0 fully saturated rings. The summed E-state index contributed by atoms with van der Waals surface area (Å²) in [6.45, 7) is 10.7. The molecule has 0 saturated heterocycles. The Morgan fingerprint density at radius 2 is 1.79 bits per heavy atom. The third-order valence-corrected chi connectivity index (χ3v) is 4.81. The molecular formula is C18H30N2O3S. The van der Waals surface area contributed by atoms with Gasteiger partial charge in [-0.3, -0.25) is 9.59 Å². The fourth-order valence-electron chi connectivity index (χ4n) is 2.51. The summed E-state index contributed by atoms with van der Waals surface area (Å²) in [4.78, 5) is 29.1. The highest BCUT2D eigenvalue weighted by Gasteiger charge is 2.18. The van der Waals surface area contributed by atoms with Crippen molar-refractivity contribution in [2.24, 2.45) is 0 Å². The minimum Gasteiger partial charge on any atom is -0.466 e. The Morgan fingerprint density at radius 1 is 1.08 bits per heavy atom. The molecule has 0 radical (unpaired) electrons. The van der Waals surface area contributed by atoms with Gasteiger partial charge in [-0.25, -0.2) is 0 Å². The number of ether oxygens (including phenoxy) is 1. The van der Waals surface area contributed by atoms with Crippen LogP contribution in [0.15, 0.2) is 17.5 Å². The lowest BCUT2D eigenvalue weighted by atomic mass is 10.2. The molecule has 0 aliphatic rings. The maximum Gasteiger partial charge on any atom is 0.307 e. The molecule has 24 heavy (non-hydrogen) atoms. The average molecular weight is 355 g/mol. The van der Waals surface area contributed by atoms with Crippen molar-refractivity contribution < 1.29 is 14.3 Å². The summed E-state index contributed by atoms with van der Waals surface area (Å²) in [6, 6.07) is 3.71. The zero-order valence-electron chi connectivity index (χ0n) is 15.1. The van der Waals surface area contributed by atoms with Crippen LogP contribution in [0, 0.1) is 0 Å². The molecule has 1 aromatic rings. The van der Waals surface area contributed by atoms with Crippen LogP contribution in [-0.4, -0.2) is 61.0 Å². The number of carbonyl (C=O) groups is 2. The van der Waals surface area contributed by atoms with Crippen molar-refractivity contribution in [1.82, 2.24) is 9.80 Å². The Kier molecular flexibility index (Phi) is 10.4. The fourth-order valence-corrected chi connectivity index (χ4v) is 3.20. The van der Waals surface area contributed by atoms with Gasteiger partial charge in [0.25, 0.3) is 5.91 Å². The highest BCUT2D eigenvalue weighted by molar-refractivity contribution is 7.12. The molecule has 0 aromatic carbocycles. The summed E-state index contributed by atoms with van der Waals surface area (Å²) in [5.74, 6) is -0.234. The standard InChI is InChI=1S/C18H30N2O3S/c1-4-19(5-2)12-7-8-13-20(14-11-17(21)23-6-3)18(22)16-10-9-15-24-16/h9-10,15H,4-8,11-14H2,1-3H3. The van der Waals surface area contributed by atoms with E-state index in [9.17, 15) is 9.59 Å². The van der Waals surface area contributed by atoms with Gasteiger partial charge in [-0.1, -0.05) is 19.9 Å². The van der Waals surface area contributed by atoms with Crippen molar-refractivity contribution in [2.75, 3.05) is 39.3 Å². The predicted octanol–water partition coefficient (Wildman–Crippen LogP) is 3.27. The van der Waals surface area contributed by atoms with Crippen LogP contribution in [-0.2, 0) is 9.53 Å². The van der Waals surface area contributed by atoms with E-state index in [-0.39, 0.29) is 18.3 Å². The summed E-state index contributed by atoms with van der Waals surface area (Å²) in [5.41, 5.74) is 0. The van der Waals surface area contributed by atoms with E-state index in [1.54, 1.807) is 11.8 Å². The molecule has 1 rings (SSSR count). The first kappa shape index (κ1) is 20.6. The van der Waals surface area contributed by atoms with Gasteiger partial charge in [0.15, 0.2) is 0 Å². The van der Waals surface area contributed by atoms with Crippen LogP contribution in [0.25, 0.3) is 0 Å². The Bertz CT molecular complexity index is 473. The zero-order chi connectivity index (χ0) is 17.8. The van der Waals surface area contributed by atoms with Crippen molar-refractivity contribution in [1.29, 1.82) is 0 Å². The lowest BCUT2D eigenvalue weighted by Gasteiger charge is -2.23. The van der Waals surface area contributed by atoms with Crippen molar-refractivity contribution in [3.63, 3.8) is 0 Å². The molecule has 6 heteroatoms. The summed E-state index contributed by atoms with van der Waals surface area (Å²) in [7, 11) is 0. The molecule has 136 valence electrons. The Labute approximate surface area is 149 Å². The highest BCUT2D eigenvalue weighted by atomic mass is 32.1. The lowest BCUT2D eigenvalue weighted by molar-refractivity contribution is -0.143. The topological polar surface area (TPSA) is 49.9 Å². The quantitative estimate of drug-likeness (QED) is 0.427. The first-order valence-corrected chi connectivity index (χ1v) is 9.71. The minimum absolute atomic E-state index is 0.0112. The van der Waals surface area contributed by atoms with E-state index in [2.05, 4.69) is 18.7 Å².